The van der Waals surface area contributed by atoms with Gasteiger partial charge in [-0.3, -0.25) is 9.59 Å². The summed E-state index contributed by atoms with van der Waals surface area (Å²) in [4.78, 5) is 26.0. The SMILES string of the molecule is CC(C)(C)C1CN(C(=O)CCl)CCN1C=O. The normalized spacial score (nSPS) is 22.1. The molecule has 1 fully saturated rings. The van der Waals surface area contributed by atoms with E-state index in [1.807, 2.05) is 0 Å². The number of carbonyl (C=O) groups excluding carboxylic acids is 2. The van der Waals surface area contributed by atoms with E-state index in [-0.39, 0.29) is 23.2 Å². The molecule has 2 amide bonds. The van der Waals surface area contributed by atoms with Crippen LogP contribution in [0.3, 0.4) is 0 Å². The molecule has 0 radical (unpaired) electrons. The van der Waals surface area contributed by atoms with Crippen LogP contribution in [-0.4, -0.2) is 53.7 Å². The molecule has 0 aliphatic carbocycles. The number of amides is 2. The van der Waals surface area contributed by atoms with Crippen molar-refractivity contribution in [3.63, 3.8) is 0 Å². The van der Waals surface area contributed by atoms with Gasteiger partial charge in [0.2, 0.25) is 12.3 Å². The molecule has 0 N–H and O–H groups in total. The molecule has 5 heteroatoms. The Morgan fingerprint density at radius 2 is 2.06 bits per heavy atom. The minimum Gasteiger partial charge on any atom is -0.338 e. The molecule has 4 nitrogen and oxygen atoms in total. The minimum atomic E-state index is -0.0542. The lowest BCUT2D eigenvalue weighted by molar-refractivity contribution is -0.137. The summed E-state index contributed by atoms with van der Waals surface area (Å²) < 4.78 is 0. The lowest BCUT2D eigenvalue weighted by atomic mass is 9.84. The van der Waals surface area contributed by atoms with E-state index in [1.165, 1.54) is 0 Å². The predicted octanol–water partition coefficient (Wildman–Crippen LogP) is 0.940. The Kier molecular flexibility index (Phi) is 4.19. The number of hydrogen-bond donors (Lipinski definition) is 0. The van der Waals surface area contributed by atoms with Gasteiger partial charge >= 0.3 is 0 Å². The fraction of sp³-hybridized carbons (Fsp3) is 0.818. The number of alkyl halides is 1. The van der Waals surface area contributed by atoms with E-state index in [9.17, 15) is 9.59 Å². The molecule has 16 heavy (non-hydrogen) atoms. The standard InChI is InChI=1S/C11H19ClN2O2/c1-11(2,3)9-7-13(10(16)6-12)4-5-14(9)8-15/h8-9H,4-7H2,1-3H3. The summed E-state index contributed by atoms with van der Waals surface area (Å²) in [5.41, 5.74) is -0.0355. The molecule has 1 atom stereocenters. The van der Waals surface area contributed by atoms with Gasteiger partial charge in [-0.05, 0) is 5.41 Å². The average Bonchev–Trinajstić information content (AvgIpc) is 2.26. The molecular weight excluding hydrogens is 228 g/mol. The smallest absolute Gasteiger partial charge is 0.237 e. The second kappa shape index (κ2) is 5.04. The second-order valence-corrected chi connectivity index (χ2v) is 5.47. The van der Waals surface area contributed by atoms with Gasteiger partial charge in [0, 0.05) is 19.6 Å². The van der Waals surface area contributed by atoms with Crippen molar-refractivity contribution in [1.82, 2.24) is 9.80 Å². The van der Waals surface area contributed by atoms with Gasteiger partial charge in [0.25, 0.3) is 0 Å². The first-order valence-electron chi connectivity index (χ1n) is 5.45. The predicted molar refractivity (Wildman–Crippen MR) is 63.3 cm³/mol. The number of hydrogen-bond acceptors (Lipinski definition) is 2. The summed E-state index contributed by atoms with van der Waals surface area (Å²) in [7, 11) is 0. The van der Waals surface area contributed by atoms with Crippen molar-refractivity contribution < 1.29 is 9.59 Å². The van der Waals surface area contributed by atoms with E-state index >= 15 is 0 Å². The van der Waals surface area contributed by atoms with Gasteiger partial charge in [0.1, 0.15) is 5.88 Å². The Labute approximate surface area is 102 Å². The fourth-order valence-electron chi connectivity index (χ4n) is 2.01. The third kappa shape index (κ3) is 2.88. The second-order valence-electron chi connectivity index (χ2n) is 5.20. The van der Waals surface area contributed by atoms with Crippen LogP contribution in [0.4, 0.5) is 0 Å². The molecule has 0 aromatic heterocycles. The fourth-order valence-corrected chi connectivity index (χ4v) is 2.17. The van der Waals surface area contributed by atoms with Crippen molar-refractivity contribution >= 4 is 23.9 Å². The van der Waals surface area contributed by atoms with Crippen LogP contribution >= 0.6 is 11.6 Å². The maximum absolute atomic E-state index is 11.5. The molecule has 1 saturated heterocycles. The third-order valence-corrected chi connectivity index (χ3v) is 3.25. The Hall–Kier alpha value is -0.770. The van der Waals surface area contributed by atoms with Crippen LogP contribution in [0.2, 0.25) is 0 Å². The van der Waals surface area contributed by atoms with E-state index < -0.39 is 0 Å². The Morgan fingerprint density at radius 1 is 1.44 bits per heavy atom. The number of rotatable bonds is 2. The number of nitrogens with zero attached hydrogens (tertiary/aromatic N) is 2. The van der Waals surface area contributed by atoms with Gasteiger partial charge in [-0.15, -0.1) is 11.6 Å². The van der Waals surface area contributed by atoms with Gasteiger partial charge in [-0.25, -0.2) is 0 Å². The van der Waals surface area contributed by atoms with Gasteiger partial charge in [0.05, 0.1) is 6.04 Å². The highest BCUT2D eigenvalue weighted by molar-refractivity contribution is 6.27. The molecule has 0 spiro atoms. The van der Waals surface area contributed by atoms with Crippen molar-refractivity contribution in [2.24, 2.45) is 5.41 Å². The molecule has 1 heterocycles. The molecular formula is C11H19ClN2O2. The van der Waals surface area contributed by atoms with E-state index in [2.05, 4.69) is 20.8 Å². The summed E-state index contributed by atoms with van der Waals surface area (Å²) in [6, 6.07) is 0.0610. The van der Waals surface area contributed by atoms with Gasteiger partial charge in [-0.2, -0.15) is 0 Å². The maximum Gasteiger partial charge on any atom is 0.237 e. The first kappa shape index (κ1) is 13.3. The molecule has 92 valence electrons. The highest BCUT2D eigenvalue weighted by Crippen LogP contribution is 2.26. The molecule has 0 aromatic rings. The van der Waals surface area contributed by atoms with E-state index in [0.29, 0.717) is 19.6 Å². The van der Waals surface area contributed by atoms with Crippen LogP contribution in [0, 0.1) is 5.41 Å². The first-order valence-corrected chi connectivity index (χ1v) is 5.98. The van der Waals surface area contributed by atoms with Crippen molar-refractivity contribution in [3.8, 4) is 0 Å². The largest absolute Gasteiger partial charge is 0.338 e. The topological polar surface area (TPSA) is 40.6 Å². The maximum atomic E-state index is 11.5. The summed E-state index contributed by atoms with van der Waals surface area (Å²) in [6.07, 6.45) is 0.873. The number of piperazine rings is 1. The van der Waals surface area contributed by atoms with Crippen LogP contribution in [0.1, 0.15) is 20.8 Å². The van der Waals surface area contributed by atoms with Crippen molar-refractivity contribution in [3.05, 3.63) is 0 Å². The van der Waals surface area contributed by atoms with Gasteiger partial charge in [0.15, 0.2) is 0 Å². The van der Waals surface area contributed by atoms with E-state index in [1.54, 1.807) is 9.80 Å². The molecule has 0 bridgehead atoms. The molecule has 1 aliphatic rings. The molecule has 0 aromatic carbocycles. The Bertz CT molecular complexity index is 276. The highest BCUT2D eigenvalue weighted by Gasteiger charge is 2.35. The van der Waals surface area contributed by atoms with Crippen molar-refractivity contribution in [2.45, 2.75) is 26.8 Å². The molecule has 1 aliphatic heterocycles. The summed E-state index contributed by atoms with van der Waals surface area (Å²) in [6.45, 7) is 7.97. The Balaban J connectivity index is 2.77. The zero-order valence-corrected chi connectivity index (χ0v) is 10.8. The van der Waals surface area contributed by atoms with Crippen LogP contribution in [0.5, 0.6) is 0 Å². The molecule has 0 saturated carbocycles. The first-order chi connectivity index (χ1) is 7.40. The molecule has 1 unspecified atom stereocenters. The Morgan fingerprint density at radius 3 is 2.50 bits per heavy atom. The van der Waals surface area contributed by atoms with Crippen LogP contribution < -0.4 is 0 Å². The summed E-state index contributed by atoms with van der Waals surface area (Å²) in [5.74, 6) is -0.0423. The minimum absolute atomic E-state index is 0.0119. The van der Waals surface area contributed by atoms with Crippen LogP contribution in [0.15, 0.2) is 0 Å². The van der Waals surface area contributed by atoms with E-state index in [0.717, 1.165) is 6.41 Å². The third-order valence-electron chi connectivity index (χ3n) is 3.02. The quantitative estimate of drug-likeness (QED) is 0.538. The van der Waals surface area contributed by atoms with Crippen molar-refractivity contribution in [2.75, 3.05) is 25.5 Å². The average molecular weight is 247 g/mol. The van der Waals surface area contributed by atoms with Gasteiger partial charge < -0.3 is 9.80 Å². The molecule has 1 rings (SSSR count). The van der Waals surface area contributed by atoms with Crippen LogP contribution in [-0.2, 0) is 9.59 Å². The van der Waals surface area contributed by atoms with E-state index in [4.69, 9.17) is 11.6 Å². The summed E-state index contributed by atoms with van der Waals surface area (Å²) >= 11 is 5.54. The highest BCUT2D eigenvalue weighted by atomic mass is 35.5. The zero-order chi connectivity index (χ0) is 12.3. The van der Waals surface area contributed by atoms with Gasteiger partial charge in [-0.1, -0.05) is 20.8 Å². The number of carbonyl (C=O) groups is 2. The summed E-state index contributed by atoms with van der Waals surface area (Å²) in [5, 5.41) is 0. The lowest BCUT2D eigenvalue weighted by Crippen LogP contribution is -2.58. The van der Waals surface area contributed by atoms with Crippen molar-refractivity contribution in [1.29, 1.82) is 0 Å². The lowest BCUT2D eigenvalue weighted by Gasteiger charge is -2.45. The van der Waals surface area contributed by atoms with Crippen LogP contribution in [0.25, 0.3) is 0 Å². The number of halogens is 1. The monoisotopic (exact) mass is 246 g/mol. The zero-order valence-electron chi connectivity index (χ0n) is 10.1.